The maximum absolute atomic E-state index is 12.8. The molecule has 0 aliphatic heterocycles. The van der Waals surface area contributed by atoms with Crippen molar-refractivity contribution in [1.29, 1.82) is 0 Å². The summed E-state index contributed by atoms with van der Waals surface area (Å²) >= 11 is 4.60. The lowest BCUT2D eigenvalue weighted by atomic mass is 10.2. The predicted octanol–water partition coefficient (Wildman–Crippen LogP) is 2.38. The highest BCUT2D eigenvalue weighted by molar-refractivity contribution is 7.80. The zero-order valence-corrected chi connectivity index (χ0v) is 11.8. The monoisotopic (exact) mass is 304 g/mol. The smallest absolute Gasteiger partial charge is 0.257 e. The van der Waals surface area contributed by atoms with Crippen molar-refractivity contribution in [2.24, 2.45) is 5.73 Å². The Bertz CT molecular complexity index is 642. The fourth-order valence-electron chi connectivity index (χ4n) is 1.63. The van der Waals surface area contributed by atoms with E-state index >= 15 is 0 Å². The van der Waals surface area contributed by atoms with Gasteiger partial charge in [0.2, 0.25) is 0 Å². The molecule has 4 nitrogen and oxygen atoms in total. The van der Waals surface area contributed by atoms with Crippen LogP contribution in [0, 0.1) is 5.82 Å². The summed E-state index contributed by atoms with van der Waals surface area (Å²) in [5, 5.41) is 2.26. The molecule has 0 aromatic heterocycles. The van der Waals surface area contributed by atoms with Crippen LogP contribution in [-0.4, -0.2) is 11.0 Å². The molecule has 0 aliphatic carbocycles. The molecule has 21 heavy (non-hydrogen) atoms. The molecule has 0 heterocycles. The second-order valence-corrected chi connectivity index (χ2v) is 4.70. The SMILES string of the molecule is NC(=S)NC(=O)c1ccc(OCc2ccc(F)cc2)cc1. The number of carbonyl (C=O) groups is 1. The molecule has 108 valence electrons. The molecule has 0 fully saturated rings. The van der Waals surface area contributed by atoms with Crippen molar-refractivity contribution >= 4 is 23.2 Å². The number of rotatable bonds is 4. The highest BCUT2D eigenvalue weighted by atomic mass is 32.1. The fourth-order valence-corrected chi connectivity index (χ4v) is 1.73. The van der Waals surface area contributed by atoms with Crippen LogP contribution in [0.2, 0.25) is 0 Å². The molecule has 3 N–H and O–H groups in total. The number of amides is 1. The first kappa shape index (κ1) is 14.9. The summed E-state index contributed by atoms with van der Waals surface area (Å²) < 4.78 is 18.3. The molecule has 0 atom stereocenters. The van der Waals surface area contributed by atoms with Gasteiger partial charge in [0.1, 0.15) is 18.2 Å². The van der Waals surface area contributed by atoms with E-state index in [1.54, 1.807) is 36.4 Å². The van der Waals surface area contributed by atoms with Gasteiger partial charge in [-0.25, -0.2) is 4.39 Å². The standard InChI is InChI=1S/C15H13FN2O2S/c16-12-5-1-10(2-6-12)9-20-13-7-3-11(4-8-13)14(19)18-15(17)21/h1-8H,9H2,(H3,17,18,19,21). The zero-order chi connectivity index (χ0) is 15.2. The summed E-state index contributed by atoms with van der Waals surface area (Å²) in [6.45, 7) is 0.318. The minimum absolute atomic E-state index is 0.0726. The number of hydrogen-bond donors (Lipinski definition) is 2. The van der Waals surface area contributed by atoms with Gasteiger partial charge in [0.05, 0.1) is 0 Å². The van der Waals surface area contributed by atoms with Crippen molar-refractivity contribution in [2.75, 3.05) is 0 Å². The van der Waals surface area contributed by atoms with Crippen LogP contribution in [0.3, 0.4) is 0 Å². The summed E-state index contributed by atoms with van der Waals surface area (Å²) in [7, 11) is 0. The maximum atomic E-state index is 12.8. The molecule has 2 rings (SSSR count). The highest BCUT2D eigenvalue weighted by Gasteiger charge is 2.06. The van der Waals surface area contributed by atoms with E-state index in [9.17, 15) is 9.18 Å². The quantitative estimate of drug-likeness (QED) is 0.851. The molecule has 2 aromatic rings. The fraction of sp³-hybridized carbons (Fsp3) is 0.0667. The van der Waals surface area contributed by atoms with Crippen LogP contribution in [0.15, 0.2) is 48.5 Å². The Morgan fingerprint density at radius 3 is 2.33 bits per heavy atom. The van der Waals surface area contributed by atoms with Crippen molar-refractivity contribution < 1.29 is 13.9 Å². The van der Waals surface area contributed by atoms with E-state index in [0.29, 0.717) is 17.9 Å². The number of nitrogens with two attached hydrogens (primary N) is 1. The highest BCUT2D eigenvalue weighted by Crippen LogP contribution is 2.14. The number of nitrogens with one attached hydrogen (secondary N) is 1. The second-order valence-electron chi connectivity index (χ2n) is 4.26. The third-order valence-corrected chi connectivity index (χ3v) is 2.77. The van der Waals surface area contributed by atoms with Gasteiger partial charge in [-0.15, -0.1) is 0 Å². The van der Waals surface area contributed by atoms with Crippen LogP contribution in [0.1, 0.15) is 15.9 Å². The molecule has 6 heteroatoms. The molecule has 2 aromatic carbocycles. The average Bonchev–Trinajstić information content (AvgIpc) is 2.46. The van der Waals surface area contributed by atoms with Gasteiger partial charge >= 0.3 is 0 Å². The first-order chi connectivity index (χ1) is 10.0. The molecular formula is C15H13FN2O2S. The van der Waals surface area contributed by atoms with Gasteiger partial charge in [-0.2, -0.15) is 0 Å². The Morgan fingerprint density at radius 1 is 1.14 bits per heavy atom. The maximum Gasteiger partial charge on any atom is 0.257 e. The van der Waals surface area contributed by atoms with E-state index in [2.05, 4.69) is 17.5 Å². The molecule has 0 bridgehead atoms. The number of hydrogen-bond acceptors (Lipinski definition) is 3. The molecule has 0 aliphatic rings. The van der Waals surface area contributed by atoms with Crippen LogP contribution in [0.5, 0.6) is 5.75 Å². The van der Waals surface area contributed by atoms with Crippen molar-refractivity contribution in [3.05, 3.63) is 65.5 Å². The van der Waals surface area contributed by atoms with E-state index in [1.165, 1.54) is 12.1 Å². The van der Waals surface area contributed by atoms with Crippen molar-refractivity contribution in [2.45, 2.75) is 6.61 Å². The Balaban J connectivity index is 1.94. The largest absolute Gasteiger partial charge is 0.489 e. The van der Waals surface area contributed by atoms with Crippen molar-refractivity contribution in [1.82, 2.24) is 5.32 Å². The van der Waals surface area contributed by atoms with Gasteiger partial charge in [0.15, 0.2) is 5.11 Å². The lowest BCUT2D eigenvalue weighted by molar-refractivity contribution is 0.0977. The Labute approximate surface area is 126 Å². The van der Waals surface area contributed by atoms with Gasteiger partial charge in [0.25, 0.3) is 5.91 Å². The van der Waals surface area contributed by atoms with Crippen LogP contribution < -0.4 is 15.8 Å². The average molecular weight is 304 g/mol. The first-order valence-corrected chi connectivity index (χ1v) is 6.53. The lowest BCUT2D eigenvalue weighted by Gasteiger charge is -2.07. The van der Waals surface area contributed by atoms with Gasteiger partial charge in [0, 0.05) is 5.56 Å². The van der Waals surface area contributed by atoms with Crippen LogP contribution in [0.4, 0.5) is 4.39 Å². The van der Waals surface area contributed by atoms with Gasteiger partial charge in [-0.1, -0.05) is 12.1 Å². The lowest BCUT2D eigenvalue weighted by Crippen LogP contribution is -2.34. The predicted molar refractivity (Wildman–Crippen MR) is 81.4 cm³/mol. The number of carbonyl (C=O) groups excluding carboxylic acids is 1. The van der Waals surface area contributed by atoms with E-state index in [1.807, 2.05) is 0 Å². The molecular weight excluding hydrogens is 291 g/mol. The van der Waals surface area contributed by atoms with Crippen LogP contribution in [-0.2, 0) is 6.61 Å². The van der Waals surface area contributed by atoms with Crippen LogP contribution >= 0.6 is 12.2 Å². The van der Waals surface area contributed by atoms with E-state index in [-0.39, 0.29) is 16.8 Å². The molecule has 0 saturated heterocycles. The van der Waals surface area contributed by atoms with Gasteiger partial charge in [-0.3, -0.25) is 10.1 Å². The van der Waals surface area contributed by atoms with E-state index in [4.69, 9.17) is 10.5 Å². The summed E-state index contributed by atoms with van der Waals surface area (Å²) in [5.74, 6) is -0.0503. The zero-order valence-electron chi connectivity index (χ0n) is 11.0. The third-order valence-electron chi connectivity index (χ3n) is 2.67. The van der Waals surface area contributed by atoms with Gasteiger partial charge in [-0.05, 0) is 54.2 Å². The van der Waals surface area contributed by atoms with E-state index < -0.39 is 0 Å². The number of ether oxygens (including phenoxy) is 1. The van der Waals surface area contributed by atoms with Crippen molar-refractivity contribution in [3.8, 4) is 5.75 Å². The number of benzene rings is 2. The molecule has 0 saturated carbocycles. The summed E-state index contributed by atoms with van der Waals surface area (Å²) in [5.41, 5.74) is 6.51. The Hall–Kier alpha value is -2.47. The normalized spacial score (nSPS) is 9.95. The Morgan fingerprint density at radius 2 is 1.76 bits per heavy atom. The summed E-state index contributed by atoms with van der Waals surface area (Å²) in [6.07, 6.45) is 0. The molecule has 1 amide bonds. The molecule has 0 radical (unpaired) electrons. The third kappa shape index (κ3) is 4.54. The van der Waals surface area contributed by atoms with Crippen LogP contribution in [0.25, 0.3) is 0 Å². The minimum atomic E-state index is -0.368. The Kier molecular flexibility index (Phi) is 4.84. The second kappa shape index (κ2) is 6.81. The topological polar surface area (TPSA) is 64.3 Å². The van der Waals surface area contributed by atoms with Crippen molar-refractivity contribution in [3.63, 3.8) is 0 Å². The van der Waals surface area contributed by atoms with Gasteiger partial charge < -0.3 is 10.5 Å². The molecule has 0 spiro atoms. The first-order valence-electron chi connectivity index (χ1n) is 6.12. The number of thiocarbonyl (C=S) groups is 1. The molecule has 0 unspecified atom stereocenters. The minimum Gasteiger partial charge on any atom is -0.489 e. The van der Waals surface area contributed by atoms with E-state index in [0.717, 1.165) is 5.56 Å². The summed E-state index contributed by atoms with van der Waals surface area (Å²) in [6, 6.07) is 12.6. The summed E-state index contributed by atoms with van der Waals surface area (Å²) in [4.78, 5) is 11.6. The number of halogens is 1.